The van der Waals surface area contributed by atoms with Gasteiger partial charge in [-0.15, -0.1) is 0 Å². The van der Waals surface area contributed by atoms with Crippen molar-refractivity contribution in [2.24, 2.45) is 0 Å². The van der Waals surface area contributed by atoms with Crippen LogP contribution >= 0.6 is 0 Å². The van der Waals surface area contributed by atoms with E-state index in [2.05, 4.69) is 16.8 Å². The summed E-state index contributed by atoms with van der Waals surface area (Å²) in [7, 11) is 4.13. The molecule has 0 bridgehead atoms. The molecule has 1 aliphatic rings. The third kappa shape index (κ3) is 2.04. The number of rotatable bonds is 3. The standard InChI is InChI=1S/C11H16N2O2/c1-12-6-5-9(7-12)13(2)11-4-3-10(8-14)15-11/h3-4,8-9H,5-7H2,1-2H3. The Morgan fingerprint density at radius 3 is 2.93 bits per heavy atom. The van der Waals surface area contributed by atoms with E-state index in [0.29, 0.717) is 11.8 Å². The Balaban J connectivity index is 2.06. The van der Waals surface area contributed by atoms with Crippen molar-refractivity contribution in [3.05, 3.63) is 17.9 Å². The maximum atomic E-state index is 10.5. The predicted molar refractivity (Wildman–Crippen MR) is 58.4 cm³/mol. The molecule has 0 saturated carbocycles. The minimum Gasteiger partial charge on any atom is -0.438 e. The zero-order valence-electron chi connectivity index (χ0n) is 9.14. The van der Waals surface area contributed by atoms with E-state index in [1.54, 1.807) is 6.07 Å². The van der Waals surface area contributed by atoms with Crippen molar-refractivity contribution < 1.29 is 9.21 Å². The monoisotopic (exact) mass is 208 g/mol. The van der Waals surface area contributed by atoms with Crippen LogP contribution in [0.1, 0.15) is 17.0 Å². The number of anilines is 1. The van der Waals surface area contributed by atoms with Crippen LogP contribution in [0.4, 0.5) is 5.88 Å². The van der Waals surface area contributed by atoms with Crippen LogP contribution in [0.5, 0.6) is 0 Å². The summed E-state index contributed by atoms with van der Waals surface area (Å²) in [6.45, 7) is 2.17. The van der Waals surface area contributed by atoms with Gasteiger partial charge in [0.05, 0.1) is 0 Å². The summed E-state index contributed by atoms with van der Waals surface area (Å²) in [6, 6.07) is 4.04. The molecule has 15 heavy (non-hydrogen) atoms. The van der Waals surface area contributed by atoms with E-state index >= 15 is 0 Å². The van der Waals surface area contributed by atoms with Gasteiger partial charge in [-0.3, -0.25) is 4.79 Å². The second kappa shape index (κ2) is 4.06. The smallest absolute Gasteiger partial charge is 0.196 e. The summed E-state index contributed by atoms with van der Waals surface area (Å²) < 4.78 is 5.38. The van der Waals surface area contributed by atoms with Gasteiger partial charge >= 0.3 is 0 Å². The summed E-state index contributed by atoms with van der Waals surface area (Å²) in [5.74, 6) is 1.17. The van der Waals surface area contributed by atoms with Gasteiger partial charge in [0, 0.05) is 25.7 Å². The molecule has 0 amide bonds. The molecule has 82 valence electrons. The average molecular weight is 208 g/mol. The normalized spacial score (nSPS) is 21.9. The van der Waals surface area contributed by atoms with Gasteiger partial charge in [0.2, 0.25) is 0 Å². The summed E-state index contributed by atoms with van der Waals surface area (Å²) >= 11 is 0. The highest BCUT2D eigenvalue weighted by Gasteiger charge is 2.24. The summed E-state index contributed by atoms with van der Waals surface area (Å²) in [6.07, 6.45) is 1.88. The minimum absolute atomic E-state index is 0.392. The van der Waals surface area contributed by atoms with Crippen LogP contribution < -0.4 is 4.90 Å². The molecule has 1 fully saturated rings. The Hall–Kier alpha value is -1.29. The molecule has 0 aromatic carbocycles. The number of hydrogen-bond acceptors (Lipinski definition) is 4. The van der Waals surface area contributed by atoms with Crippen molar-refractivity contribution in [3.8, 4) is 0 Å². The lowest BCUT2D eigenvalue weighted by molar-refractivity contribution is 0.110. The first-order valence-electron chi connectivity index (χ1n) is 5.17. The fraction of sp³-hybridized carbons (Fsp3) is 0.545. The van der Waals surface area contributed by atoms with E-state index in [1.165, 1.54) is 0 Å². The third-order valence-electron chi connectivity index (χ3n) is 2.99. The first-order chi connectivity index (χ1) is 7.20. The maximum Gasteiger partial charge on any atom is 0.196 e. The summed E-state index contributed by atoms with van der Waals surface area (Å²) in [4.78, 5) is 14.9. The maximum absolute atomic E-state index is 10.5. The lowest BCUT2D eigenvalue weighted by Gasteiger charge is -2.23. The summed E-state index contributed by atoms with van der Waals surface area (Å²) in [5, 5.41) is 0. The Morgan fingerprint density at radius 2 is 2.40 bits per heavy atom. The van der Waals surface area contributed by atoms with Crippen LogP contribution in [0.15, 0.2) is 16.5 Å². The zero-order chi connectivity index (χ0) is 10.8. The molecule has 1 atom stereocenters. The van der Waals surface area contributed by atoms with E-state index < -0.39 is 0 Å². The molecule has 0 N–H and O–H groups in total. The van der Waals surface area contributed by atoms with Gasteiger partial charge in [-0.25, -0.2) is 0 Å². The number of likely N-dealkylation sites (N-methyl/N-ethyl adjacent to an activating group) is 2. The fourth-order valence-corrected chi connectivity index (χ4v) is 2.00. The van der Waals surface area contributed by atoms with E-state index in [9.17, 15) is 4.79 Å². The van der Waals surface area contributed by atoms with Gasteiger partial charge in [0.25, 0.3) is 0 Å². The fourth-order valence-electron chi connectivity index (χ4n) is 2.00. The van der Waals surface area contributed by atoms with Crippen LogP contribution in [0.3, 0.4) is 0 Å². The van der Waals surface area contributed by atoms with Crippen molar-refractivity contribution in [1.29, 1.82) is 0 Å². The number of hydrogen-bond donors (Lipinski definition) is 0. The Bertz CT molecular complexity index is 348. The van der Waals surface area contributed by atoms with Gasteiger partial charge in [0.15, 0.2) is 17.9 Å². The van der Waals surface area contributed by atoms with Crippen molar-refractivity contribution in [3.63, 3.8) is 0 Å². The largest absolute Gasteiger partial charge is 0.438 e. The molecule has 2 rings (SSSR count). The molecule has 4 nitrogen and oxygen atoms in total. The molecule has 0 radical (unpaired) electrons. The number of nitrogens with zero attached hydrogens (tertiary/aromatic N) is 2. The van der Waals surface area contributed by atoms with E-state index in [1.807, 2.05) is 13.1 Å². The van der Waals surface area contributed by atoms with Gasteiger partial charge < -0.3 is 14.2 Å². The molecule has 0 spiro atoms. The van der Waals surface area contributed by atoms with Crippen LogP contribution in [-0.2, 0) is 0 Å². The van der Waals surface area contributed by atoms with Crippen LogP contribution in [-0.4, -0.2) is 44.4 Å². The number of carbonyl (C=O) groups excluding carboxylic acids is 1. The Morgan fingerprint density at radius 1 is 1.60 bits per heavy atom. The molecule has 1 saturated heterocycles. The number of carbonyl (C=O) groups is 1. The first-order valence-corrected chi connectivity index (χ1v) is 5.17. The zero-order valence-corrected chi connectivity index (χ0v) is 9.14. The molecular formula is C11H16N2O2. The van der Waals surface area contributed by atoms with Crippen molar-refractivity contribution >= 4 is 12.2 Å². The van der Waals surface area contributed by atoms with Crippen molar-refractivity contribution in [1.82, 2.24) is 4.90 Å². The van der Waals surface area contributed by atoms with Crippen LogP contribution in [0.25, 0.3) is 0 Å². The van der Waals surface area contributed by atoms with Gasteiger partial charge in [-0.1, -0.05) is 0 Å². The van der Waals surface area contributed by atoms with E-state index in [4.69, 9.17) is 4.42 Å². The highest BCUT2D eigenvalue weighted by molar-refractivity contribution is 5.71. The number of furan rings is 1. The lowest BCUT2D eigenvalue weighted by Crippen LogP contribution is -2.33. The van der Waals surface area contributed by atoms with Crippen LogP contribution in [0.2, 0.25) is 0 Å². The van der Waals surface area contributed by atoms with Gasteiger partial charge in [0.1, 0.15) is 0 Å². The SMILES string of the molecule is CN1CCC(N(C)c2ccc(C=O)o2)C1. The first kappa shape index (κ1) is 10.2. The van der Waals surface area contributed by atoms with Gasteiger partial charge in [-0.2, -0.15) is 0 Å². The molecule has 1 aliphatic heterocycles. The molecule has 1 aromatic heterocycles. The molecular weight excluding hydrogens is 192 g/mol. The molecule has 4 heteroatoms. The topological polar surface area (TPSA) is 36.7 Å². The number of likely N-dealkylation sites (tertiary alicyclic amines) is 1. The Labute approximate surface area is 89.5 Å². The molecule has 0 aliphatic carbocycles. The second-order valence-corrected chi connectivity index (χ2v) is 4.11. The molecule has 1 unspecified atom stereocenters. The van der Waals surface area contributed by atoms with Crippen molar-refractivity contribution in [2.75, 3.05) is 32.1 Å². The Kier molecular flexibility index (Phi) is 2.77. The van der Waals surface area contributed by atoms with E-state index in [0.717, 1.165) is 31.7 Å². The quantitative estimate of drug-likeness (QED) is 0.700. The lowest BCUT2D eigenvalue weighted by atomic mass is 10.2. The molecule has 1 aromatic rings. The highest BCUT2D eigenvalue weighted by Crippen LogP contribution is 2.22. The van der Waals surface area contributed by atoms with Crippen molar-refractivity contribution in [2.45, 2.75) is 12.5 Å². The second-order valence-electron chi connectivity index (χ2n) is 4.11. The molecule has 2 heterocycles. The highest BCUT2D eigenvalue weighted by atomic mass is 16.4. The predicted octanol–water partition coefficient (Wildman–Crippen LogP) is 1.23. The average Bonchev–Trinajstić information content (AvgIpc) is 2.84. The summed E-state index contributed by atoms with van der Waals surface area (Å²) in [5.41, 5.74) is 0. The minimum atomic E-state index is 0.392. The third-order valence-corrected chi connectivity index (χ3v) is 2.99. The number of aldehydes is 1. The van der Waals surface area contributed by atoms with Gasteiger partial charge in [-0.05, 0) is 26.1 Å². The van der Waals surface area contributed by atoms with E-state index in [-0.39, 0.29) is 0 Å². The van der Waals surface area contributed by atoms with Crippen LogP contribution in [0, 0.1) is 0 Å².